The molecule has 2 heterocycles. The first-order chi connectivity index (χ1) is 16.2. The van der Waals surface area contributed by atoms with Gasteiger partial charge in [-0.25, -0.2) is 8.42 Å². The lowest BCUT2D eigenvalue weighted by Crippen LogP contribution is -2.20. The number of hydrogen-bond donors (Lipinski definition) is 0. The molecule has 2 aromatic heterocycles. The molecule has 0 N–H and O–H groups in total. The van der Waals surface area contributed by atoms with Crippen molar-refractivity contribution in [3.05, 3.63) is 70.0 Å². The van der Waals surface area contributed by atoms with Gasteiger partial charge in [0.15, 0.2) is 5.75 Å². The normalized spacial score (nSPS) is 12.6. The first kappa shape index (κ1) is 24.5. The Morgan fingerprint density at radius 2 is 1.79 bits per heavy atom. The van der Waals surface area contributed by atoms with Gasteiger partial charge in [0.25, 0.3) is 10.0 Å². The van der Waals surface area contributed by atoms with E-state index in [1.165, 1.54) is 19.2 Å². The van der Waals surface area contributed by atoms with E-state index in [1.54, 1.807) is 43.6 Å². The second-order valence-corrected chi connectivity index (χ2v) is 11.6. The summed E-state index contributed by atoms with van der Waals surface area (Å²) in [6, 6.07) is 11.1. The molecule has 0 aliphatic rings. The maximum Gasteiger partial charge on any atom is 0.338 e. The Balaban J connectivity index is 1.88. The highest BCUT2D eigenvalue weighted by molar-refractivity contribution is 9.10. The number of methoxy groups -OCH3 is 2. The monoisotopic (exact) mass is 563 g/mol. The van der Waals surface area contributed by atoms with Crippen LogP contribution in [0.5, 0.6) is 11.5 Å². The average Bonchev–Trinajstić information content (AvgIpc) is 3.21. The third-order valence-corrected chi connectivity index (χ3v) is 8.94. The lowest BCUT2D eigenvalue weighted by Gasteiger charge is -2.15. The largest absolute Gasteiger partial charge is 0.609 e. The number of aromatic nitrogens is 3. The molecule has 0 saturated heterocycles. The van der Waals surface area contributed by atoms with Gasteiger partial charge in [-0.1, -0.05) is 15.9 Å². The number of pyridine rings is 1. The predicted octanol–water partition coefficient (Wildman–Crippen LogP) is 4.37. The summed E-state index contributed by atoms with van der Waals surface area (Å²) >= 11 is 1.49. The van der Waals surface area contributed by atoms with Gasteiger partial charge >= 0.3 is 5.16 Å². The first-order valence-corrected chi connectivity index (χ1v) is 13.7. The Bertz CT molecular complexity index is 1470. The van der Waals surface area contributed by atoms with Gasteiger partial charge in [-0.15, -0.1) is 0 Å². The molecule has 178 valence electrons. The fourth-order valence-corrected chi connectivity index (χ4v) is 6.95. The van der Waals surface area contributed by atoms with Gasteiger partial charge in [-0.2, -0.15) is 8.96 Å². The Morgan fingerprint density at radius 3 is 2.44 bits per heavy atom. The van der Waals surface area contributed by atoms with Crippen molar-refractivity contribution in [3.63, 3.8) is 0 Å². The van der Waals surface area contributed by atoms with Crippen molar-refractivity contribution in [1.29, 1.82) is 0 Å². The molecule has 0 radical (unpaired) electrons. The molecule has 0 bridgehead atoms. The smallest absolute Gasteiger partial charge is 0.338 e. The number of rotatable bonds is 7. The van der Waals surface area contributed by atoms with Crippen molar-refractivity contribution in [2.45, 2.75) is 29.7 Å². The maximum atomic E-state index is 13.7. The Morgan fingerprint density at radius 1 is 1.09 bits per heavy atom. The summed E-state index contributed by atoms with van der Waals surface area (Å²) in [5, 5.41) is -0.0908. The van der Waals surface area contributed by atoms with Crippen LogP contribution in [-0.2, 0) is 27.0 Å². The molecule has 1 unspecified atom stereocenters. The number of nitrogens with zero attached hydrogens (tertiary/aromatic N) is 3. The van der Waals surface area contributed by atoms with E-state index in [2.05, 4.69) is 25.9 Å². The zero-order valence-electron chi connectivity index (χ0n) is 18.9. The van der Waals surface area contributed by atoms with Crippen LogP contribution in [0.3, 0.4) is 0 Å². The molecular formula is C23H22BrN3O5S2. The van der Waals surface area contributed by atoms with Crippen molar-refractivity contribution in [2.24, 2.45) is 0 Å². The fourth-order valence-electron chi connectivity index (χ4n) is 3.64. The summed E-state index contributed by atoms with van der Waals surface area (Å²) in [7, 11) is -1.03. The molecule has 0 aliphatic heterocycles. The summed E-state index contributed by atoms with van der Waals surface area (Å²) in [5.74, 6) is 1.14. The van der Waals surface area contributed by atoms with Crippen molar-refractivity contribution in [1.82, 2.24) is 13.9 Å². The van der Waals surface area contributed by atoms with Crippen LogP contribution in [0.1, 0.15) is 16.8 Å². The summed E-state index contributed by atoms with van der Waals surface area (Å²) in [4.78, 5) is 8.91. The van der Waals surface area contributed by atoms with Crippen LogP contribution in [0.15, 0.2) is 63.2 Å². The Kier molecular flexibility index (Phi) is 6.90. The molecule has 8 nitrogen and oxygen atoms in total. The maximum absolute atomic E-state index is 13.7. The summed E-state index contributed by atoms with van der Waals surface area (Å²) < 4.78 is 53.4. The first-order valence-electron chi connectivity index (χ1n) is 10.1. The van der Waals surface area contributed by atoms with E-state index in [0.717, 1.165) is 19.6 Å². The second-order valence-electron chi connectivity index (χ2n) is 7.51. The lowest BCUT2D eigenvalue weighted by atomic mass is 10.1. The van der Waals surface area contributed by atoms with Crippen LogP contribution >= 0.6 is 15.9 Å². The summed E-state index contributed by atoms with van der Waals surface area (Å²) in [6.07, 6.45) is 1.64. The zero-order valence-corrected chi connectivity index (χ0v) is 22.1. The van der Waals surface area contributed by atoms with Crippen LogP contribution in [-0.4, -0.2) is 41.1 Å². The highest BCUT2D eigenvalue weighted by atomic mass is 79.9. The van der Waals surface area contributed by atoms with Crippen molar-refractivity contribution >= 4 is 48.2 Å². The highest BCUT2D eigenvalue weighted by Crippen LogP contribution is 2.31. The van der Waals surface area contributed by atoms with E-state index in [0.29, 0.717) is 28.2 Å². The molecular weight excluding hydrogens is 542 g/mol. The molecule has 0 spiro atoms. The number of imidazole rings is 1. The molecule has 2 aromatic carbocycles. The minimum Gasteiger partial charge on any atom is -0.609 e. The minimum absolute atomic E-state index is 0.0290. The van der Waals surface area contributed by atoms with Gasteiger partial charge < -0.3 is 14.0 Å². The van der Waals surface area contributed by atoms with Gasteiger partial charge in [0.1, 0.15) is 11.5 Å². The molecule has 11 heteroatoms. The standard InChI is InChI=1S/C23H22BrN3O5S2/c1-14-12-25-20(15(2)22(14)32-4)13-33(28)23-26-19-11-17(31-3)7-10-21(19)27(23)34(29,30)18-8-5-16(24)6-9-18/h5-12H,13H2,1-4H3. The molecule has 4 aromatic rings. The van der Waals surface area contributed by atoms with Gasteiger partial charge in [-0.3, -0.25) is 4.98 Å². The van der Waals surface area contributed by atoms with E-state index in [9.17, 15) is 13.0 Å². The number of halogens is 1. The summed E-state index contributed by atoms with van der Waals surface area (Å²) in [6.45, 7) is 3.70. The van der Waals surface area contributed by atoms with Gasteiger partial charge in [0.05, 0.1) is 35.8 Å². The molecule has 4 rings (SSSR count). The summed E-state index contributed by atoms with van der Waals surface area (Å²) in [5.41, 5.74) is 2.80. The molecule has 1 atom stereocenters. The Hall–Kier alpha value is -2.60. The minimum atomic E-state index is -4.10. The highest BCUT2D eigenvalue weighted by Gasteiger charge is 2.32. The van der Waals surface area contributed by atoms with Crippen LogP contribution < -0.4 is 9.47 Å². The van der Waals surface area contributed by atoms with Crippen molar-refractivity contribution < 1.29 is 22.4 Å². The van der Waals surface area contributed by atoms with Crippen LogP contribution in [0.25, 0.3) is 11.0 Å². The topological polar surface area (TPSA) is 106 Å². The zero-order chi connectivity index (χ0) is 24.6. The van der Waals surface area contributed by atoms with Gasteiger partial charge in [0.2, 0.25) is 0 Å². The quantitative estimate of drug-likeness (QED) is 0.307. The van der Waals surface area contributed by atoms with Crippen LogP contribution in [0.2, 0.25) is 0 Å². The fraction of sp³-hybridized carbons (Fsp3) is 0.217. The third-order valence-electron chi connectivity index (χ3n) is 5.36. The molecule has 34 heavy (non-hydrogen) atoms. The van der Waals surface area contributed by atoms with Crippen molar-refractivity contribution in [3.8, 4) is 11.5 Å². The van der Waals surface area contributed by atoms with Gasteiger partial charge in [-0.05, 0) is 50.2 Å². The lowest BCUT2D eigenvalue weighted by molar-refractivity contribution is 0.407. The number of benzene rings is 2. The van der Waals surface area contributed by atoms with E-state index in [-0.39, 0.29) is 15.8 Å². The van der Waals surface area contributed by atoms with E-state index in [1.807, 2.05) is 13.8 Å². The van der Waals surface area contributed by atoms with E-state index in [4.69, 9.17) is 9.47 Å². The Labute approximate surface area is 209 Å². The van der Waals surface area contributed by atoms with E-state index >= 15 is 0 Å². The molecule has 0 fully saturated rings. The molecule has 0 aliphatic carbocycles. The van der Waals surface area contributed by atoms with Crippen LogP contribution in [0, 0.1) is 13.8 Å². The van der Waals surface area contributed by atoms with Gasteiger partial charge in [0, 0.05) is 39.0 Å². The average molecular weight is 564 g/mol. The molecule has 0 amide bonds. The SMILES string of the molecule is COc1ccc2c(c1)nc([S+]([O-])Cc1ncc(C)c(OC)c1C)n2S(=O)(=O)c1ccc(Br)cc1. The number of hydrogen-bond acceptors (Lipinski definition) is 7. The van der Waals surface area contributed by atoms with Crippen LogP contribution in [0.4, 0.5) is 0 Å². The third kappa shape index (κ3) is 4.40. The second kappa shape index (κ2) is 9.57. The van der Waals surface area contributed by atoms with Crippen molar-refractivity contribution in [2.75, 3.05) is 14.2 Å². The molecule has 0 saturated carbocycles. The number of ether oxygens (including phenoxy) is 2. The number of aryl methyl sites for hydroxylation is 1. The predicted molar refractivity (Wildman–Crippen MR) is 133 cm³/mol. The number of fused-ring (bicyclic) bond motifs is 1. The van der Waals surface area contributed by atoms with E-state index < -0.39 is 21.2 Å².